The lowest BCUT2D eigenvalue weighted by molar-refractivity contribution is -0.162. The van der Waals surface area contributed by atoms with Crippen LogP contribution in [0.25, 0.3) is 0 Å². The lowest BCUT2D eigenvalue weighted by Gasteiger charge is -2.22. The molecule has 5 nitrogen and oxygen atoms in total. The van der Waals surface area contributed by atoms with Crippen LogP contribution in [0, 0.1) is 0 Å². The van der Waals surface area contributed by atoms with Crippen molar-refractivity contribution >= 4 is 17.6 Å². The van der Waals surface area contributed by atoms with E-state index in [2.05, 4.69) is 0 Å². The largest absolute Gasteiger partial charge is 0.497 e. The van der Waals surface area contributed by atoms with E-state index in [1.165, 1.54) is 19.1 Å². The van der Waals surface area contributed by atoms with Gasteiger partial charge >= 0.3 is 11.9 Å². The quantitative estimate of drug-likeness (QED) is 0.606. The van der Waals surface area contributed by atoms with Crippen molar-refractivity contribution in [2.45, 2.75) is 26.4 Å². The molecule has 0 radical (unpaired) electrons. The smallest absolute Gasteiger partial charge is 0.397 e. The molecule has 0 aliphatic carbocycles. The van der Waals surface area contributed by atoms with Gasteiger partial charge in [0.05, 0.1) is 7.11 Å². The van der Waals surface area contributed by atoms with Gasteiger partial charge in [0.25, 0.3) is 0 Å². The molecule has 0 aliphatic rings. The molecule has 0 spiro atoms. The second-order valence-electron chi connectivity index (χ2n) is 5.07. The Morgan fingerprint density at radius 2 is 1.84 bits per heavy atom. The van der Waals surface area contributed by atoms with E-state index in [0.717, 1.165) is 0 Å². The highest BCUT2D eigenvalue weighted by atomic mass is 16.6. The van der Waals surface area contributed by atoms with E-state index in [4.69, 9.17) is 9.47 Å². The summed E-state index contributed by atoms with van der Waals surface area (Å²) in [6, 6.07) is 6.88. The molecule has 0 saturated carbocycles. The molecule has 0 N–H and O–H groups in total. The predicted octanol–water partition coefficient (Wildman–Crippen LogP) is 2.00. The van der Waals surface area contributed by atoms with Crippen LogP contribution >= 0.6 is 0 Å². The molecule has 1 amide bonds. The van der Waals surface area contributed by atoms with Crippen LogP contribution in [0.15, 0.2) is 24.3 Å². The lowest BCUT2D eigenvalue weighted by atomic mass is 10.2. The average Bonchev–Trinajstić information content (AvgIpc) is 2.35. The summed E-state index contributed by atoms with van der Waals surface area (Å²) in [7, 11) is 3.05. The highest BCUT2D eigenvalue weighted by molar-refractivity contribution is 6.38. The molecule has 0 aromatic heterocycles. The summed E-state index contributed by atoms with van der Waals surface area (Å²) >= 11 is 0. The third kappa shape index (κ3) is 4.28. The van der Waals surface area contributed by atoms with Crippen molar-refractivity contribution in [1.82, 2.24) is 0 Å². The highest BCUT2D eigenvalue weighted by Crippen LogP contribution is 2.20. The van der Waals surface area contributed by atoms with Gasteiger partial charge in [0.2, 0.25) is 0 Å². The lowest BCUT2D eigenvalue weighted by Crippen LogP contribution is -2.38. The number of ether oxygens (including phenoxy) is 2. The van der Waals surface area contributed by atoms with E-state index in [0.29, 0.717) is 11.4 Å². The van der Waals surface area contributed by atoms with E-state index in [1.807, 2.05) is 0 Å². The van der Waals surface area contributed by atoms with Gasteiger partial charge in [-0.25, -0.2) is 4.79 Å². The molecular weight excluding hydrogens is 246 g/mol. The molecule has 0 saturated heterocycles. The Morgan fingerprint density at radius 1 is 1.21 bits per heavy atom. The van der Waals surface area contributed by atoms with Gasteiger partial charge in [-0.2, -0.15) is 0 Å². The van der Waals surface area contributed by atoms with Gasteiger partial charge in [0, 0.05) is 18.8 Å². The first-order valence-corrected chi connectivity index (χ1v) is 5.89. The first-order chi connectivity index (χ1) is 8.74. The van der Waals surface area contributed by atoms with Crippen molar-refractivity contribution in [2.24, 2.45) is 0 Å². The molecular formula is C14H19NO4. The van der Waals surface area contributed by atoms with E-state index in [1.54, 1.807) is 45.0 Å². The van der Waals surface area contributed by atoms with Crippen LogP contribution in [0.2, 0.25) is 0 Å². The number of benzene rings is 1. The summed E-state index contributed by atoms with van der Waals surface area (Å²) < 4.78 is 10.1. The molecule has 0 atom stereocenters. The van der Waals surface area contributed by atoms with Gasteiger partial charge < -0.3 is 14.4 Å². The third-order valence-corrected chi connectivity index (χ3v) is 2.32. The second-order valence-corrected chi connectivity index (χ2v) is 5.07. The third-order valence-electron chi connectivity index (χ3n) is 2.32. The minimum Gasteiger partial charge on any atom is -0.497 e. The second kappa shape index (κ2) is 5.73. The van der Waals surface area contributed by atoms with Crippen LogP contribution in [-0.4, -0.2) is 31.6 Å². The molecule has 0 heterocycles. The maximum atomic E-state index is 11.9. The Morgan fingerprint density at radius 3 is 2.37 bits per heavy atom. The van der Waals surface area contributed by atoms with Crippen LogP contribution in [-0.2, 0) is 14.3 Å². The maximum Gasteiger partial charge on any atom is 0.397 e. The molecule has 0 fully saturated rings. The molecule has 0 unspecified atom stereocenters. The molecule has 0 bridgehead atoms. The Balaban J connectivity index is 2.84. The molecule has 19 heavy (non-hydrogen) atoms. The Labute approximate surface area is 113 Å². The normalized spacial score (nSPS) is 10.8. The van der Waals surface area contributed by atoms with Crippen molar-refractivity contribution in [1.29, 1.82) is 0 Å². The van der Waals surface area contributed by atoms with Crippen molar-refractivity contribution in [3.05, 3.63) is 24.3 Å². The van der Waals surface area contributed by atoms with Crippen LogP contribution in [0.1, 0.15) is 20.8 Å². The van der Waals surface area contributed by atoms with E-state index in [-0.39, 0.29) is 0 Å². The van der Waals surface area contributed by atoms with E-state index < -0.39 is 17.5 Å². The zero-order valence-corrected chi connectivity index (χ0v) is 11.9. The molecule has 5 heteroatoms. The number of esters is 1. The number of likely N-dealkylation sites (N-methyl/N-ethyl adjacent to an activating group) is 1. The van der Waals surface area contributed by atoms with E-state index >= 15 is 0 Å². The number of rotatable bonds is 2. The minimum atomic E-state index is -0.877. The summed E-state index contributed by atoms with van der Waals surface area (Å²) in [4.78, 5) is 24.8. The van der Waals surface area contributed by atoms with Gasteiger partial charge in [0.1, 0.15) is 11.4 Å². The number of carbonyl (C=O) groups excluding carboxylic acids is 2. The van der Waals surface area contributed by atoms with Crippen LogP contribution < -0.4 is 9.64 Å². The number of hydrogen-bond acceptors (Lipinski definition) is 4. The SMILES string of the molecule is COc1cccc(N(C)C(=O)C(=O)OC(C)(C)C)c1. The number of amides is 1. The zero-order chi connectivity index (χ0) is 14.6. The van der Waals surface area contributed by atoms with Gasteiger partial charge in [0.15, 0.2) is 0 Å². The van der Waals surface area contributed by atoms with Crippen molar-refractivity contribution in [3.8, 4) is 5.75 Å². The van der Waals surface area contributed by atoms with Crippen LogP contribution in [0.5, 0.6) is 5.75 Å². The van der Waals surface area contributed by atoms with E-state index in [9.17, 15) is 9.59 Å². The molecule has 1 rings (SSSR count). The number of anilines is 1. The Kier molecular flexibility index (Phi) is 4.53. The average molecular weight is 265 g/mol. The van der Waals surface area contributed by atoms with Gasteiger partial charge in [-0.05, 0) is 32.9 Å². The molecule has 1 aromatic carbocycles. The maximum absolute atomic E-state index is 11.9. The van der Waals surface area contributed by atoms with Crippen molar-refractivity contribution in [3.63, 3.8) is 0 Å². The standard InChI is InChI=1S/C14H19NO4/c1-14(2,3)19-13(17)12(16)15(4)10-7-6-8-11(9-10)18-5/h6-9H,1-5H3. The molecule has 104 valence electrons. The van der Waals surface area contributed by atoms with Gasteiger partial charge in [-0.3, -0.25) is 4.79 Å². The summed E-state index contributed by atoms with van der Waals surface area (Å²) in [6.07, 6.45) is 0. The number of methoxy groups -OCH3 is 1. The summed E-state index contributed by atoms with van der Waals surface area (Å²) in [5.41, 5.74) is -0.127. The monoisotopic (exact) mass is 265 g/mol. The summed E-state index contributed by atoms with van der Waals surface area (Å²) in [5.74, 6) is -0.984. The van der Waals surface area contributed by atoms with Crippen molar-refractivity contribution in [2.75, 3.05) is 19.1 Å². The number of carbonyl (C=O) groups is 2. The predicted molar refractivity (Wildman–Crippen MR) is 72.2 cm³/mol. The van der Waals surface area contributed by atoms with Crippen LogP contribution in [0.4, 0.5) is 5.69 Å². The first kappa shape index (κ1) is 15.0. The fraction of sp³-hybridized carbons (Fsp3) is 0.429. The number of nitrogens with zero attached hydrogens (tertiary/aromatic N) is 1. The van der Waals surface area contributed by atoms with Crippen LogP contribution in [0.3, 0.4) is 0 Å². The minimum absolute atomic E-state index is 0.565. The number of hydrogen-bond donors (Lipinski definition) is 0. The fourth-order valence-electron chi connectivity index (χ4n) is 1.40. The fourth-order valence-corrected chi connectivity index (χ4v) is 1.40. The topological polar surface area (TPSA) is 55.8 Å². The summed E-state index contributed by atoms with van der Waals surface area (Å²) in [5, 5.41) is 0. The first-order valence-electron chi connectivity index (χ1n) is 5.89. The van der Waals surface area contributed by atoms with Gasteiger partial charge in [-0.15, -0.1) is 0 Å². The highest BCUT2D eigenvalue weighted by Gasteiger charge is 2.26. The zero-order valence-electron chi connectivity index (χ0n) is 11.9. The molecule has 1 aromatic rings. The molecule has 0 aliphatic heterocycles. The Bertz CT molecular complexity index is 477. The van der Waals surface area contributed by atoms with Gasteiger partial charge in [-0.1, -0.05) is 6.07 Å². The Hall–Kier alpha value is -2.04. The summed E-state index contributed by atoms with van der Waals surface area (Å²) in [6.45, 7) is 5.14. The van der Waals surface area contributed by atoms with Crippen molar-refractivity contribution < 1.29 is 19.1 Å².